The zero-order valence-electron chi connectivity index (χ0n) is 12.1. The van der Waals surface area contributed by atoms with E-state index in [1.165, 1.54) is 19.3 Å². The van der Waals surface area contributed by atoms with Gasteiger partial charge in [-0.1, -0.05) is 45.4 Å². The molecule has 0 aromatic heterocycles. The van der Waals surface area contributed by atoms with Gasteiger partial charge in [-0.25, -0.2) is 0 Å². The van der Waals surface area contributed by atoms with Crippen molar-refractivity contribution in [3.8, 4) is 6.07 Å². The van der Waals surface area contributed by atoms with Crippen molar-refractivity contribution in [1.29, 1.82) is 5.26 Å². The quantitative estimate of drug-likeness (QED) is 0.827. The van der Waals surface area contributed by atoms with Gasteiger partial charge in [0.1, 0.15) is 5.54 Å². The molecule has 3 heteroatoms. The Bertz CT molecular complexity index is 350. The van der Waals surface area contributed by atoms with Crippen LogP contribution in [0.1, 0.15) is 71.1 Å². The molecule has 0 spiro atoms. The summed E-state index contributed by atoms with van der Waals surface area (Å²) in [7, 11) is 0. The number of hydrogen-bond donors (Lipinski definition) is 1. The lowest BCUT2D eigenvalue weighted by Gasteiger charge is -2.31. The highest BCUT2D eigenvalue weighted by Crippen LogP contribution is 2.33. The van der Waals surface area contributed by atoms with Crippen molar-refractivity contribution in [3.63, 3.8) is 0 Å². The molecule has 0 radical (unpaired) electrons. The number of carbonyl (C=O) groups is 1. The van der Waals surface area contributed by atoms with E-state index >= 15 is 0 Å². The molecule has 2 aliphatic rings. The Labute approximate surface area is 116 Å². The number of amides is 1. The van der Waals surface area contributed by atoms with Crippen molar-refractivity contribution in [1.82, 2.24) is 5.32 Å². The lowest BCUT2D eigenvalue weighted by Crippen LogP contribution is -2.50. The summed E-state index contributed by atoms with van der Waals surface area (Å²) in [5, 5.41) is 12.7. The molecule has 3 nitrogen and oxygen atoms in total. The number of rotatable bonds is 2. The summed E-state index contributed by atoms with van der Waals surface area (Å²) in [6.45, 7) is 2.16. The fraction of sp³-hybridized carbons (Fsp3) is 0.875. The molecular formula is C16H26N2O. The van der Waals surface area contributed by atoms with Crippen LogP contribution in [0.15, 0.2) is 0 Å². The van der Waals surface area contributed by atoms with Crippen LogP contribution in [0.25, 0.3) is 0 Å². The molecule has 2 atom stereocenters. The first-order chi connectivity index (χ1) is 9.17. The molecule has 2 aliphatic carbocycles. The van der Waals surface area contributed by atoms with Gasteiger partial charge in [0.2, 0.25) is 5.91 Å². The fourth-order valence-corrected chi connectivity index (χ4v) is 3.64. The maximum atomic E-state index is 12.4. The fourth-order valence-electron chi connectivity index (χ4n) is 3.64. The van der Waals surface area contributed by atoms with Crippen LogP contribution in [0, 0.1) is 23.2 Å². The molecule has 2 saturated carbocycles. The first-order valence-corrected chi connectivity index (χ1v) is 7.90. The summed E-state index contributed by atoms with van der Waals surface area (Å²) in [5.74, 6) is 0.743. The standard InChI is InChI=1S/C16H26N2O/c1-13-8-7-9-14(13)15(19)18-16(12-17)10-5-3-2-4-6-11-16/h13-14H,2-11H2,1H3,(H,18,19). The second kappa shape index (κ2) is 6.41. The third kappa shape index (κ3) is 3.49. The van der Waals surface area contributed by atoms with Gasteiger partial charge in [-0.2, -0.15) is 5.26 Å². The molecule has 0 saturated heterocycles. The van der Waals surface area contributed by atoms with Crippen molar-refractivity contribution in [2.75, 3.05) is 0 Å². The maximum absolute atomic E-state index is 12.4. The van der Waals surface area contributed by atoms with E-state index in [2.05, 4.69) is 18.3 Å². The van der Waals surface area contributed by atoms with Crippen molar-refractivity contribution in [2.45, 2.75) is 76.7 Å². The minimum atomic E-state index is -0.584. The Morgan fingerprint density at radius 2 is 1.74 bits per heavy atom. The average molecular weight is 262 g/mol. The summed E-state index contributed by atoms with van der Waals surface area (Å²) in [5.41, 5.74) is -0.584. The molecule has 0 heterocycles. The topological polar surface area (TPSA) is 52.9 Å². The van der Waals surface area contributed by atoms with Crippen LogP contribution in [0.5, 0.6) is 0 Å². The molecule has 0 bridgehead atoms. The number of hydrogen-bond acceptors (Lipinski definition) is 2. The molecule has 1 N–H and O–H groups in total. The van der Waals surface area contributed by atoms with Gasteiger partial charge in [0.25, 0.3) is 0 Å². The van der Waals surface area contributed by atoms with E-state index in [0.717, 1.165) is 44.9 Å². The highest BCUT2D eigenvalue weighted by atomic mass is 16.2. The smallest absolute Gasteiger partial charge is 0.224 e. The van der Waals surface area contributed by atoms with Gasteiger partial charge < -0.3 is 5.32 Å². The van der Waals surface area contributed by atoms with Crippen LogP contribution < -0.4 is 5.32 Å². The Kier molecular flexibility index (Phi) is 4.85. The third-order valence-corrected chi connectivity index (χ3v) is 4.98. The summed E-state index contributed by atoms with van der Waals surface area (Å²) < 4.78 is 0. The highest BCUT2D eigenvalue weighted by Gasteiger charge is 2.37. The molecule has 0 aromatic rings. The zero-order valence-corrected chi connectivity index (χ0v) is 12.1. The normalized spacial score (nSPS) is 30.9. The van der Waals surface area contributed by atoms with E-state index < -0.39 is 5.54 Å². The molecule has 0 aliphatic heterocycles. The molecular weight excluding hydrogens is 236 g/mol. The second-order valence-corrected chi connectivity index (χ2v) is 6.47. The predicted molar refractivity (Wildman–Crippen MR) is 75.3 cm³/mol. The Morgan fingerprint density at radius 3 is 2.26 bits per heavy atom. The molecule has 0 aromatic carbocycles. The SMILES string of the molecule is CC1CCCC1C(=O)NC1(C#N)CCCCCCC1. The van der Waals surface area contributed by atoms with Gasteiger partial charge in [-0.05, 0) is 31.6 Å². The summed E-state index contributed by atoms with van der Waals surface area (Å²) in [6, 6.07) is 2.42. The monoisotopic (exact) mass is 262 g/mol. The first kappa shape index (κ1) is 14.4. The second-order valence-electron chi connectivity index (χ2n) is 6.47. The van der Waals surface area contributed by atoms with Gasteiger partial charge in [-0.15, -0.1) is 0 Å². The summed E-state index contributed by atoms with van der Waals surface area (Å²) >= 11 is 0. The van der Waals surface area contributed by atoms with E-state index in [-0.39, 0.29) is 11.8 Å². The van der Waals surface area contributed by atoms with Crippen LogP contribution in [-0.2, 0) is 4.79 Å². The van der Waals surface area contributed by atoms with E-state index in [4.69, 9.17) is 0 Å². The van der Waals surface area contributed by atoms with Crippen LogP contribution in [-0.4, -0.2) is 11.4 Å². The average Bonchev–Trinajstić information content (AvgIpc) is 2.79. The van der Waals surface area contributed by atoms with Crippen LogP contribution in [0.4, 0.5) is 0 Å². The van der Waals surface area contributed by atoms with Gasteiger partial charge in [-0.3, -0.25) is 4.79 Å². The minimum Gasteiger partial charge on any atom is -0.338 e. The Balaban J connectivity index is 2.00. The number of nitriles is 1. The van der Waals surface area contributed by atoms with E-state index in [0.29, 0.717) is 5.92 Å². The maximum Gasteiger partial charge on any atom is 0.224 e. The van der Waals surface area contributed by atoms with Crippen molar-refractivity contribution in [2.24, 2.45) is 11.8 Å². The lowest BCUT2D eigenvalue weighted by atomic mass is 9.84. The zero-order chi connectivity index (χ0) is 13.7. The van der Waals surface area contributed by atoms with Crippen molar-refractivity contribution >= 4 is 5.91 Å². The van der Waals surface area contributed by atoms with E-state index in [1.54, 1.807) is 0 Å². The molecule has 2 unspecified atom stereocenters. The lowest BCUT2D eigenvalue weighted by molar-refractivity contribution is -0.127. The number of nitrogens with zero attached hydrogens (tertiary/aromatic N) is 1. The summed E-state index contributed by atoms with van der Waals surface area (Å²) in [4.78, 5) is 12.4. The molecule has 2 fully saturated rings. The Morgan fingerprint density at radius 1 is 1.11 bits per heavy atom. The largest absolute Gasteiger partial charge is 0.338 e. The minimum absolute atomic E-state index is 0.132. The highest BCUT2D eigenvalue weighted by molar-refractivity contribution is 5.80. The van der Waals surface area contributed by atoms with Gasteiger partial charge in [0, 0.05) is 5.92 Å². The Hall–Kier alpha value is -1.04. The number of nitrogens with one attached hydrogen (secondary N) is 1. The molecule has 19 heavy (non-hydrogen) atoms. The summed E-state index contributed by atoms with van der Waals surface area (Å²) in [6.07, 6.45) is 10.7. The van der Waals surface area contributed by atoms with Crippen LogP contribution in [0.3, 0.4) is 0 Å². The van der Waals surface area contributed by atoms with E-state index in [9.17, 15) is 10.1 Å². The third-order valence-electron chi connectivity index (χ3n) is 4.98. The van der Waals surface area contributed by atoms with E-state index in [1.807, 2.05) is 0 Å². The van der Waals surface area contributed by atoms with Crippen LogP contribution in [0.2, 0.25) is 0 Å². The first-order valence-electron chi connectivity index (χ1n) is 7.90. The van der Waals surface area contributed by atoms with Gasteiger partial charge >= 0.3 is 0 Å². The number of carbonyl (C=O) groups excluding carboxylic acids is 1. The molecule has 1 amide bonds. The van der Waals surface area contributed by atoms with Crippen molar-refractivity contribution in [3.05, 3.63) is 0 Å². The predicted octanol–water partition coefficient (Wildman–Crippen LogP) is 3.55. The van der Waals surface area contributed by atoms with Gasteiger partial charge in [0.05, 0.1) is 6.07 Å². The molecule has 2 rings (SSSR count). The van der Waals surface area contributed by atoms with Crippen LogP contribution >= 0.6 is 0 Å². The van der Waals surface area contributed by atoms with Gasteiger partial charge in [0.15, 0.2) is 0 Å². The molecule has 106 valence electrons. The van der Waals surface area contributed by atoms with Crippen molar-refractivity contribution < 1.29 is 4.79 Å².